The van der Waals surface area contributed by atoms with Crippen LogP contribution in [0.5, 0.6) is 0 Å². The summed E-state index contributed by atoms with van der Waals surface area (Å²) >= 11 is 0. The zero-order chi connectivity index (χ0) is 20.1. The number of nitro benzene ring substituents is 1. The molecule has 2 amide bonds. The summed E-state index contributed by atoms with van der Waals surface area (Å²) in [5.74, 6) is -2.65. The summed E-state index contributed by atoms with van der Waals surface area (Å²) in [7, 11) is 1.42. The van der Waals surface area contributed by atoms with E-state index in [1.165, 1.54) is 43.1 Å². The first-order valence-electron chi connectivity index (χ1n) is 7.93. The van der Waals surface area contributed by atoms with Gasteiger partial charge in [-0.25, -0.2) is 8.78 Å². The second kappa shape index (κ2) is 8.35. The van der Waals surface area contributed by atoms with Gasteiger partial charge in [-0.15, -0.1) is 0 Å². The number of likely N-dealkylation sites (N-methyl/N-ethyl adjacent to an activating group) is 1. The molecule has 0 heterocycles. The molecule has 0 aliphatic heterocycles. The van der Waals surface area contributed by atoms with Gasteiger partial charge in [-0.1, -0.05) is 12.1 Å². The molecule has 0 aliphatic rings. The molecule has 27 heavy (non-hydrogen) atoms. The number of amides is 2. The van der Waals surface area contributed by atoms with Crippen LogP contribution in [0.2, 0.25) is 0 Å². The molecule has 0 bridgehead atoms. The van der Waals surface area contributed by atoms with Gasteiger partial charge in [-0.3, -0.25) is 19.7 Å². The lowest BCUT2D eigenvalue weighted by atomic mass is 10.1. The number of hydrogen-bond donors (Lipinski definition) is 1. The quantitative estimate of drug-likeness (QED) is 0.619. The topological polar surface area (TPSA) is 92.5 Å². The Balaban J connectivity index is 2.02. The maximum absolute atomic E-state index is 13.7. The van der Waals surface area contributed by atoms with Crippen LogP contribution in [0.3, 0.4) is 0 Å². The van der Waals surface area contributed by atoms with Crippen molar-refractivity contribution in [1.82, 2.24) is 10.2 Å². The SMILES string of the molecule is CC(NC(=O)c1cccc([N+](=O)[O-])c1)C(=O)N(C)Cc1ccc(F)cc1F. The minimum Gasteiger partial charge on any atom is -0.341 e. The second-order valence-electron chi connectivity index (χ2n) is 5.93. The van der Waals surface area contributed by atoms with Gasteiger partial charge in [0.2, 0.25) is 5.91 Å². The van der Waals surface area contributed by atoms with E-state index in [0.29, 0.717) is 0 Å². The van der Waals surface area contributed by atoms with Gasteiger partial charge in [-0.2, -0.15) is 0 Å². The van der Waals surface area contributed by atoms with Crippen LogP contribution in [0.25, 0.3) is 0 Å². The zero-order valence-corrected chi connectivity index (χ0v) is 14.6. The van der Waals surface area contributed by atoms with Gasteiger partial charge in [0, 0.05) is 42.9 Å². The van der Waals surface area contributed by atoms with E-state index in [-0.39, 0.29) is 23.4 Å². The molecule has 1 atom stereocenters. The third-order valence-electron chi connectivity index (χ3n) is 3.84. The molecule has 0 fully saturated rings. The lowest BCUT2D eigenvalue weighted by molar-refractivity contribution is -0.384. The minimum absolute atomic E-state index is 0.0380. The number of nitrogens with zero attached hydrogens (tertiary/aromatic N) is 2. The normalized spacial score (nSPS) is 11.6. The molecule has 0 radical (unpaired) electrons. The summed E-state index contributed by atoms with van der Waals surface area (Å²) in [6.45, 7) is 1.33. The number of carbonyl (C=O) groups is 2. The lowest BCUT2D eigenvalue weighted by Gasteiger charge is -2.22. The molecular formula is C18H17F2N3O4. The van der Waals surface area contributed by atoms with E-state index in [0.717, 1.165) is 18.2 Å². The van der Waals surface area contributed by atoms with Crippen molar-refractivity contribution >= 4 is 17.5 Å². The summed E-state index contributed by atoms with van der Waals surface area (Å²) < 4.78 is 26.7. The maximum Gasteiger partial charge on any atom is 0.270 e. The first-order chi connectivity index (χ1) is 12.7. The number of rotatable bonds is 6. The summed E-state index contributed by atoms with van der Waals surface area (Å²) in [5, 5.41) is 13.2. The fourth-order valence-corrected chi connectivity index (χ4v) is 2.42. The van der Waals surface area contributed by atoms with Crippen molar-refractivity contribution in [2.45, 2.75) is 19.5 Å². The molecule has 142 valence electrons. The van der Waals surface area contributed by atoms with Crippen LogP contribution in [0.4, 0.5) is 14.5 Å². The second-order valence-corrected chi connectivity index (χ2v) is 5.93. The minimum atomic E-state index is -0.953. The van der Waals surface area contributed by atoms with Crippen molar-refractivity contribution < 1.29 is 23.3 Å². The summed E-state index contributed by atoms with van der Waals surface area (Å²) in [6.07, 6.45) is 0. The van der Waals surface area contributed by atoms with Gasteiger partial charge in [-0.05, 0) is 19.1 Å². The van der Waals surface area contributed by atoms with Crippen molar-refractivity contribution in [1.29, 1.82) is 0 Å². The summed E-state index contributed by atoms with van der Waals surface area (Å²) in [5.41, 5.74) is -0.0777. The maximum atomic E-state index is 13.7. The highest BCUT2D eigenvalue weighted by atomic mass is 19.1. The third kappa shape index (κ3) is 5.06. The fourth-order valence-electron chi connectivity index (χ4n) is 2.42. The van der Waals surface area contributed by atoms with Crippen molar-refractivity contribution in [2.75, 3.05) is 7.05 Å². The van der Waals surface area contributed by atoms with E-state index in [2.05, 4.69) is 5.32 Å². The van der Waals surface area contributed by atoms with Crippen LogP contribution in [0.15, 0.2) is 42.5 Å². The Labute approximate surface area is 153 Å². The number of non-ortho nitro benzene ring substituents is 1. The van der Waals surface area contributed by atoms with Crippen LogP contribution in [0, 0.1) is 21.7 Å². The number of hydrogen-bond acceptors (Lipinski definition) is 4. The van der Waals surface area contributed by atoms with Gasteiger partial charge in [0.15, 0.2) is 0 Å². The number of nitrogens with one attached hydrogen (secondary N) is 1. The first-order valence-corrected chi connectivity index (χ1v) is 7.93. The van der Waals surface area contributed by atoms with Crippen molar-refractivity contribution in [3.05, 3.63) is 75.3 Å². The Morgan fingerprint density at radius 3 is 2.56 bits per heavy atom. The average molecular weight is 377 g/mol. The Bertz CT molecular complexity index is 889. The fraction of sp³-hybridized carbons (Fsp3) is 0.222. The highest BCUT2D eigenvalue weighted by Crippen LogP contribution is 2.14. The molecule has 0 aliphatic carbocycles. The molecule has 7 nitrogen and oxygen atoms in total. The number of nitro groups is 1. The standard InChI is InChI=1S/C18H17F2N3O4/c1-11(21-17(24)12-4-3-5-15(8-12)23(26)27)18(25)22(2)10-13-6-7-14(19)9-16(13)20/h3-9,11H,10H2,1-2H3,(H,21,24). The predicted molar refractivity (Wildman–Crippen MR) is 92.9 cm³/mol. The van der Waals surface area contributed by atoms with Gasteiger partial charge >= 0.3 is 0 Å². The molecule has 0 saturated carbocycles. The molecule has 2 aromatic carbocycles. The monoisotopic (exact) mass is 377 g/mol. The highest BCUT2D eigenvalue weighted by Gasteiger charge is 2.22. The molecule has 2 aromatic rings. The Hall–Kier alpha value is -3.36. The third-order valence-corrected chi connectivity index (χ3v) is 3.84. The lowest BCUT2D eigenvalue weighted by Crippen LogP contribution is -2.45. The predicted octanol–water partition coefficient (Wildman–Crippen LogP) is 2.65. The van der Waals surface area contributed by atoms with Gasteiger partial charge in [0.25, 0.3) is 11.6 Å². The van der Waals surface area contributed by atoms with E-state index in [9.17, 15) is 28.5 Å². The van der Waals surface area contributed by atoms with Crippen LogP contribution in [0.1, 0.15) is 22.8 Å². The Morgan fingerprint density at radius 2 is 1.93 bits per heavy atom. The highest BCUT2D eigenvalue weighted by molar-refractivity contribution is 5.97. The Kier molecular flexibility index (Phi) is 6.17. The Morgan fingerprint density at radius 1 is 1.22 bits per heavy atom. The molecular weight excluding hydrogens is 360 g/mol. The van der Waals surface area contributed by atoms with Crippen LogP contribution in [-0.2, 0) is 11.3 Å². The smallest absolute Gasteiger partial charge is 0.270 e. The van der Waals surface area contributed by atoms with Gasteiger partial charge in [0.1, 0.15) is 17.7 Å². The number of benzene rings is 2. The summed E-state index contributed by atoms with van der Waals surface area (Å²) in [4.78, 5) is 35.9. The molecule has 1 unspecified atom stereocenters. The van der Waals surface area contributed by atoms with Crippen molar-refractivity contribution in [3.63, 3.8) is 0 Å². The molecule has 0 saturated heterocycles. The first kappa shape index (κ1) is 20.0. The molecule has 1 N–H and O–H groups in total. The van der Waals surface area contributed by atoms with Gasteiger partial charge < -0.3 is 10.2 Å². The largest absolute Gasteiger partial charge is 0.341 e. The van der Waals surface area contributed by atoms with Gasteiger partial charge in [0.05, 0.1) is 4.92 Å². The average Bonchev–Trinajstić information content (AvgIpc) is 2.63. The van der Waals surface area contributed by atoms with Crippen molar-refractivity contribution in [3.8, 4) is 0 Å². The van der Waals surface area contributed by atoms with E-state index >= 15 is 0 Å². The van der Waals surface area contributed by atoms with E-state index < -0.39 is 34.4 Å². The van der Waals surface area contributed by atoms with Crippen molar-refractivity contribution in [2.24, 2.45) is 0 Å². The molecule has 0 spiro atoms. The van der Waals surface area contributed by atoms with E-state index in [4.69, 9.17) is 0 Å². The van der Waals surface area contributed by atoms with Crippen LogP contribution >= 0.6 is 0 Å². The molecule has 2 rings (SSSR count). The van der Waals surface area contributed by atoms with E-state index in [1.807, 2.05) is 0 Å². The van der Waals surface area contributed by atoms with Crippen LogP contribution < -0.4 is 5.32 Å². The zero-order valence-electron chi connectivity index (χ0n) is 14.6. The molecule has 9 heteroatoms. The number of halogens is 2. The van der Waals surface area contributed by atoms with E-state index in [1.54, 1.807) is 0 Å². The van der Waals surface area contributed by atoms with Crippen LogP contribution in [-0.4, -0.2) is 34.7 Å². The molecule has 0 aromatic heterocycles. The number of carbonyl (C=O) groups excluding carboxylic acids is 2. The summed E-state index contributed by atoms with van der Waals surface area (Å²) in [6, 6.07) is 7.19.